The van der Waals surface area contributed by atoms with Crippen LogP contribution in [0.4, 0.5) is 5.69 Å². The number of fused-ring (bicyclic) bond motifs is 1. The van der Waals surface area contributed by atoms with Gasteiger partial charge in [-0.15, -0.1) is 5.10 Å². The quantitative estimate of drug-likeness (QED) is 0.607. The minimum absolute atomic E-state index is 0.227. The normalized spacial score (nSPS) is 10.7. The van der Waals surface area contributed by atoms with E-state index in [-0.39, 0.29) is 11.8 Å². The Hall–Kier alpha value is -3.80. The summed E-state index contributed by atoms with van der Waals surface area (Å²) in [6.07, 6.45) is 0. The lowest BCUT2D eigenvalue weighted by Crippen LogP contribution is -2.16. The molecule has 1 heterocycles. The molecule has 0 aliphatic carbocycles. The number of nitrogens with zero attached hydrogens (tertiary/aromatic N) is 3. The zero-order valence-electron chi connectivity index (χ0n) is 14.6. The number of aromatic nitrogens is 3. The maximum atomic E-state index is 12.9. The van der Waals surface area contributed by atoms with Crippen molar-refractivity contribution in [3.05, 3.63) is 89.5 Å². The minimum Gasteiger partial charge on any atom is -0.322 e. The molecule has 0 aliphatic rings. The summed E-state index contributed by atoms with van der Waals surface area (Å²) in [7, 11) is 0. The molecule has 4 rings (SSSR count). The Morgan fingerprint density at radius 1 is 0.889 bits per heavy atom. The first-order chi connectivity index (χ1) is 13.1. The lowest BCUT2D eigenvalue weighted by molar-refractivity contribution is 0.0946. The average molecular weight is 356 g/mol. The molecule has 6 heteroatoms. The van der Waals surface area contributed by atoms with Gasteiger partial charge in [0.15, 0.2) is 0 Å². The van der Waals surface area contributed by atoms with Gasteiger partial charge >= 0.3 is 0 Å². The molecule has 0 bridgehead atoms. The van der Waals surface area contributed by atoms with Crippen molar-refractivity contribution >= 4 is 28.5 Å². The second kappa shape index (κ2) is 6.84. The van der Waals surface area contributed by atoms with Crippen molar-refractivity contribution in [1.29, 1.82) is 0 Å². The molecule has 0 unspecified atom stereocenters. The van der Waals surface area contributed by atoms with Crippen LogP contribution in [0.3, 0.4) is 0 Å². The van der Waals surface area contributed by atoms with Crippen molar-refractivity contribution in [1.82, 2.24) is 15.0 Å². The van der Waals surface area contributed by atoms with Gasteiger partial charge in [-0.25, -0.2) is 0 Å². The largest absolute Gasteiger partial charge is 0.322 e. The van der Waals surface area contributed by atoms with Crippen LogP contribution in [0.5, 0.6) is 0 Å². The van der Waals surface area contributed by atoms with Gasteiger partial charge in [0.25, 0.3) is 11.8 Å². The fraction of sp³-hybridized carbons (Fsp3) is 0.0476. The van der Waals surface area contributed by atoms with Crippen LogP contribution < -0.4 is 5.32 Å². The third kappa shape index (κ3) is 3.20. The molecule has 4 aromatic rings. The standard InChI is InChI=1S/C21H16N4O2/c1-14-11-12-16(13-18(14)22-20(26)15-7-3-2-4-8-15)21(27)25-19-10-6-5-9-17(19)23-24-25/h2-13H,1H3,(H,22,26). The van der Waals surface area contributed by atoms with E-state index in [1.807, 2.05) is 25.1 Å². The van der Waals surface area contributed by atoms with Gasteiger partial charge in [-0.1, -0.05) is 41.6 Å². The Bertz CT molecular complexity index is 1150. The lowest BCUT2D eigenvalue weighted by atomic mass is 10.1. The molecule has 0 spiro atoms. The van der Waals surface area contributed by atoms with E-state index >= 15 is 0 Å². The van der Waals surface area contributed by atoms with Crippen molar-refractivity contribution in [2.45, 2.75) is 6.92 Å². The number of amides is 1. The van der Waals surface area contributed by atoms with Gasteiger partial charge < -0.3 is 5.32 Å². The Labute approximate surface area is 155 Å². The van der Waals surface area contributed by atoms with Crippen LogP contribution in [-0.4, -0.2) is 26.8 Å². The van der Waals surface area contributed by atoms with E-state index in [0.29, 0.717) is 27.8 Å². The van der Waals surface area contributed by atoms with Crippen LogP contribution in [0.25, 0.3) is 11.0 Å². The monoisotopic (exact) mass is 356 g/mol. The van der Waals surface area contributed by atoms with Gasteiger partial charge in [0.2, 0.25) is 0 Å². The smallest absolute Gasteiger partial charge is 0.280 e. The summed E-state index contributed by atoms with van der Waals surface area (Å²) in [4.78, 5) is 25.3. The van der Waals surface area contributed by atoms with E-state index in [1.54, 1.807) is 54.6 Å². The fourth-order valence-corrected chi connectivity index (χ4v) is 2.81. The van der Waals surface area contributed by atoms with Crippen LogP contribution in [0, 0.1) is 6.92 Å². The van der Waals surface area contributed by atoms with E-state index < -0.39 is 0 Å². The lowest BCUT2D eigenvalue weighted by Gasteiger charge is -2.10. The minimum atomic E-state index is -0.307. The summed E-state index contributed by atoms with van der Waals surface area (Å²) < 4.78 is 1.27. The third-order valence-electron chi connectivity index (χ3n) is 4.31. The molecule has 1 N–H and O–H groups in total. The molecule has 0 fully saturated rings. The van der Waals surface area contributed by atoms with E-state index in [4.69, 9.17) is 0 Å². The molecule has 0 saturated carbocycles. The number of hydrogen-bond donors (Lipinski definition) is 1. The van der Waals surface area contributed by atoms with E-state index in [2.05, 4.69) is 15.6 Å². The number of rotatable bonds is 3. The summed E-state index contributed by atoms with van der Waals surface area (Å²) in [5, 5.41) is 10.8. The SMILES string of the molecule is Cc1ccc(C(=O)n2nnc3ccccc32)cc1NC(=O)c1ccccc1. The van der Waals surface area contributed by atoms with Gasteiger partial charge in [0.1, 0.15) is 5.52 Å². The third-order valence-corrected chi connectivity index (χ3v) is 4.31. The second-order valence-corrected chi connectivity index (χ2v) is 6.14. The maximum absolute atomic E-state index is 12.9. The molecule has 3 aromatic carbocycles. The summed E-state index contributed by atoms with van der Waals surface area (Å²) in [5.74, 6) is -0.534. The molecule has 0 atom stereocenters. The fourth-order valence-electron chi connectivity index (χ4n) is 2.81. The second-order valence-electron chi connectivity index (χ2n) is 6.14. The molecule has 0 radical (unpaired) electrons. The van der Waals surface area contributed by atoms with Crippen molar-refractivity contribution in [2.75, 3.05) is 5.32 Å². The predicted molar refractivity (Wildman–Crippen MR) is 103 cm³/mol. The van der Waals surface area contributed by atoms with Crippen molar-refractivity contribution in [3.8, 4) is 0 Å². The summed E-state index contributed by atoms with van der Waals surface area (Å²) in [5.41, 5.74) is 3.70. The molecule has 1 aromatic heterocycles. The van der Waals surface area contributed by atoms with Gasteiger partial charge in [-0.2, -0.15) is 4.68 Å². The Morgan fingerprint density at radius 3 is 2.44 bits per heavy atom. The molecular formula is C21H16N4O2. The average Bonchev–Trinajstić information content (AvgIpc) is 3.14. The Morgan fingerprint density at radius 2 is 1.63 bits per heavy atom. The number of carbonyl (C=O) groups excluding carboxylic acids is 2. The molecule has 6 nitrogen and oxygen atoms in total. The van der Waals surface area contributed by atoms with Gasteiger partial charge in [0.05, 0.1) is 5.52 Å². The van der Waals surface area contributed by atoms with Crippen molar-refractivity contribution < 1.29 is 9.59 Å². The highest BCUT2D eigenvalue weighted by Crippen LogP contribution is 2.20. The number of anilines is 1. The van der Waals surface area contributed by atoms with Gasteiger partial charge in [-0.3, -0.25) is 9.59 Å². The van der Waals surface area contributed by atoms with E-state index in [0.717, 1.165) is 5.56 Å². The number of aryl methyl sites for hydroxylation is 1. The molecule has 132 valence electrons. The maximum Gasteiger partial charge on any atom is 0.280 e. The first kappa shape index (κ1) is 16.7. The number of hydrogen-bond acceptors (Lipinski definition) is 4. The van der Waals surface area contributed by atoms with Gasteiger partial charge in [-0.05, 0) is 48.9 Å². The Kier molecular flexibility index (Phi) is 4.22. The van der Waals surface area contributed by atoms with Crippen molar-refractivity contribution in [2.24, 2.45) is 0 Å². The van der Waals surface area contributed by atoms with Crippen molar-refractivity contribution in [3.63, 3.8) is 0 Å². The highest BCUT2D eigenvalue weighted by molar-refractivity contribution is 6.06. The van der Waals surface area contributed by atoms with Gasteiger partial charge in [0, 0.05) is 16.8 Å². The van der Waals surface area contributed by atoms with Crippen LogP contribution in [0.2, 0.25) is 0 Å². The summed E-state index contributed by atoms with van der Waals surface area (Å²) in [6, 6.07) is 21.4. The Balaban J connectivity index is 1.66. The summed E-state index contributed by atoms with van der Waals surface area (Å²) >= 11 is 0. The predicted octanol–water partition coefficient (Wildman–Crippen LogP) is 3.68. The highest BCUT2D eigenvalue weighted by atomic mass is 16.2. The van der Waals surface area contributed by atoms with Crippen LogP contribution in [-0.2, 0) is 0 Å². The topological polar surface area (TPSA) is 76.9 Å². The molecule has 27 heavy (non-hydrogen) atoms. The molecule has 0 aliphatic heterocycles. The molecular weight excluding hydrogens is 340 g/mol. The van der Waals surface area contributed by atoms with E-state index in [1.165, 1.54) is 4.68 Å². The number of para-hydroxylation sites is 1. The highest BCUT2D eigenvalue weighted by Gasteiger charge is 2.16. The van der Waals surface area contributed by atoms with Crippen LogP contribution in [0.1, 0.15) is 26.3 Å². The molecule has 0 saturated heterocycles. The summed E-state index contributed by atoms with van der Waals surface area (Å²) in [6.45, 7) is 1.87. The zero-order valence-corrected chi connectivity index (χ0v) is 14.6. The zero-order chi connectivity index (χ0) is 18.8. The molecule has 1 amide bonds. The van der Waals surface area contributed by atoms with E-state index in [9.17, 15) is 9.59 Å². The first-order valence-electron chi connectivity index (χ1n) is 8.46. The van der Waals surface area contributed by atoms with Crippen LogP contribution >= 0.6 is 0 Å². The van der Waals surface area contributed by atoms with Crippen LogP contribution in [0.15, 0.2) is 72.8 Å². The number of nitrogens with one attached hydrogen (secondary N) is 1. The number of benzene rings is 3. The first-order valence-corrected chi connectivity index (χ1v) is 8.46. The number of carbonyl (C=O) groups is 2.